The van der Waals surface area contributed by atoms with Gasteiger partial charge >= 0.3 is 5.97 Å². The van der Waals surface area contributed by atoms with Crippen LogP contribution in [0, 0.1) is 0 Å². The summed E-state index contributed by atoms with van der Waals surface area (Å²) in [5.41, 5.74) is 1.88. The maximum atomic E-state index is 13.1. The van der Waals surface area contributed by atoms with E-state index in [4.69, 9.17) is 21.1 Å². The molecule has 0 saturated carbocycles. The first-order valence-corrected chi connectivity index (χ1v) is 12.0. The number of benzene rings is 3. The molecule has 9 nitrogen and oxygen atoms in total. The van der Waals surface area contributed by atoms with Crippen LogP contribution in [0.5, 0.6) is 5.75 Å². The molecule has 0 saturated heterocycles. The molecular weight excluding hydrogens is 510 g/mol. The van der Waals surface area contributed by atoms with Crippen molar-refractivity contribution in [1.29, 1.82) is 0 Å². The Morgan fingerprint density at radius 1 is 0.816 bits per heavy atom. The number of imide groups is 1. The van der Waals surface area contributed by atoms with Gasteiger partial charge < -0.3 is 20.1 Å². The van der Waals surface area contributed by atoms with Crippen LogP contribution in [-0.4, -0.2) is 36.9 Å². The monoisotopic (exact) mass is 533 g/mol. The quantitative estimate of drug-likeness (QED) is 0.311. The van der Waals surface area contributed by atoms with Gasteiger partial charge in [-0.15, -0.1) is 0 Å². The first-order valence-electron chi connectivity index (χ1n) is 11.6. The van der Waals surface area contributed by atoms with E-state index >= 15 is 0 Å². The normalized spacial score (nSPS) is 13.1. The molecule has 1 aliphatic rings. The molecule has 0 atom stereocenters. The smallest absolute Gasteiger partial charge is 0.338 e. The molecule has 3 aromatic rings. The topological polar surface area (TPSA) is 114 Å². The van der Waals surface area contributed by atoms with Crippen LogP contribution in [0.1, 0.15) is 34.6 Å². The van der Waals surface area contributed by atoms with Crippen LogP contribution in [0.2, 0.25) is 0 Å². The lowest BCUT2D eigenvalue weighted by Gasteiger charge is -2.16. The summed E-state index contributed by atoms with van der Waals surface area (Å²) in [7, 11) is 1.56. The zero-order valence-electron chi connectivity index (χ0n) is 20.8. The molecule has 0 unspecified atom stereocenters. The summed E-state index contributed by atoms with van der Waals surface area (Å²) in [6.07, 6.45) is -0.280. The Labute approximate surface area is 224 Å². The molecule has 0 aromatic heterocycles. The molecule has 4 rings (SSSR count). The van der Waals surface area contributed by atoms with E-state index in [1.807, 2.05) is 0 Å². The molecule has 0 fully saturated rings. The fourth-order valence-corrected chi connectivity index (χ4v) is 3.81. The molecule has 1 aliphatic heterocycles. The van der Waals surface area contributed by atoms with Crippen LogP contribution in [0.15, 0.2) is 83.5 Å². The van der Waals surface area contributed by atoms with Crippen LogP contribution in [0.25, 0.3) is 0 Å². The van der Waals surface area contributed by atoms with Crippen LogP contribution < -0.4 is 20.3 Å². The van der Waals surface area contributed by atoms with E-state index in [0.29, 0.717) is 22.7 Å². The fraction of sp³-hybridized carbons (Fsp3) is 0.143. The van der Waals surface area contributed by atoms with E-state index in [-0.39, 0.29) is 34.0 Å². The number of rotatable bonds is 8. The number of carbonyl (C=O) groups is 4. The molecular formula is C28H24ClN3O6. The lowest BCUT2D eigenvalue weighted by atomic mass is 10.2. The third-order valence-corrected chi connectivity index (χ3v) is 5.85. The Morgan fingerprint density at radius 2 is 1.39 bits per heavy atom. The second-order valence-corrected chi connectivity index (χ2v) is 8.90. The highest BCUT2D eigenvalue weighted by atomic mass is 35.5. The van der Waals surface area contributed by atoms with E-state index in [1.165, 1.54) is 24.3 Å². The number of anilines is 3. The zero-order chi connectivity index (χ0) is 27.4. The number of nitrogens with zero attached hydrogens (tertiary/aromatic N) is 1. The van der Waals surface area contributed by atoms with Gasteiger partial charge in [0.05, 0.1) is 24.5 Å². The largest absolute Gasteiger partial charge is 0.497 e. The van der Waals surface area contributed by atoms with Gasteiger partial charge in [-0.3, -0.25) is 14.4 Å². The Hall–Kier alpha value is -4.63. The highest BCUT2D eigenvalue weighted by Gasteiger charge is 2.39. The minimum Gasteiger partial charge on any atom is -0.497 e. The molecule has 3 aromatic carbocycles. The number of nitrogens with one attached hydrogen (secondary N) is 2. The first-order chi connectivity index (χ1) is 18.2. The second-order valence-electron chi connectivity index (χ2n) is 8.52. The molecule has 194 valence electrons. The third-order valence-electron chi connectivity index (χ3n) is 5.50. The van der Waals surface area contributed by atoms with E-state index in [2.05, 4.69) is 10.6 Å². The van der Waals surface area contributed by atoms with Crippen molar-refractivity contribution in [2.45, 2.75) is 20.0 Å². The molecule has 0 aliphatic carbocycles. The molecule has 0 radical (unpaired) electrons. The third kappa shape index (κ3) is 5.68. The van der Waals surface area contributed by atoms with Gasteiger partial charge in [0.2, 0.25) is 0 Å². The van der Waals surface area contributed by atoms with Gasteiger partial charge in [-0.1, -0.05) is 11.6 Å². The lowest BCUT2D eigenvalue weighted by molar-refractivity contribution is -0.120. The molecule has 2 N–H and O–H groups in total. The van der Waals surface area contributed by atoms with Crippen LogP contribution in [-0.2, 0) is 14.3 Å². The van der Waals surface area contributed by atoms with Crippen molar-refractivity contribution in [1.82, 2.24) is 0 Å². The summed E-state index contributed by atoms with van der Waals surface area (Å²) < 4.78 is 10.3. The van der Waals surface area contributed by atoms with Gasteiger partial charge in [-0.2, -0.15) is 0 Å². The summed E-state index contributed by atoms with van der Waals surface area (Å²) in [5.74, 6) is -1.51. The fourth-order valence-electron chi connectivity index (χ4n) is 3.60. The van der Waals surface area contributed by atoms with E-state index < -0.39 is 17.8 Å². The molecule has 10 heteroatoms. The molecule has 38 heavy (non-hydrogen) atoms. The number of amides is 3. The van der Waals surface area contributed by atoms with Gasteiger partial charge in [0.1, 0.15) is 16.5 Å². The molecule has 0 spiro atoms. The Kier molecular flexibility index (Phi) is 7.78. The number of carbonyl (C=O) groups excluding carboxylic acids is 4. The summed E-state index contributed by atoms with van der Waals surface area (Å²) in [4.78, 5) is 51.4. The van der Waals surface area contributed by atoms with Crippen molar-refractivity contribution < 1.29 is 28.7 Å². The average molecular weight is 534 g/mol. The maximum Gasteiger partial charge on any atom is 0.338 e. The minimum absolute atomic E-state index is 0.101. The molecule has 0 bridgehead atoms. The van der Waals surface area contributed by atoms with E-state index in [1.54, 1.807) is 69.5 Å². The zero-order valence-corrected chi connectivity index (χ0v) is 21.5. The van der Waals surface area contributed by atoms with Gasteiger partial charge in [-0.05, 0) is 86.6 Å². The number of esters is 1. The highest BCUT2D eigenvalue weighted by molar-refractivity contribution is 6.53. The Balaban J connectivity index is 1.43. The van der Waals surface area contributed by atoms with Gasteiger partial charge in [0.15, 0.2) is 0 Å². The number of hydrogen-bond donors (Lipinski definition) is 2. The minimum atomic E-state index is -0.702. The van der Waals surface area contributed by atoms with Crippen molar-refractivity contribution in [2.24, 2.45) is 0 Å². The van der Waals surface area contributed by atoms with Gasteiger partial charge in [0, 0.05) is 16.9 Å². The second kappa shape index (κ2) is 11.2. The Bertz CT molecular complexity index is 1410. The maximum absolute atomic E-state index is 13.1. The van der Waals surface area contributed by atoms with Crippen LogP contribution in [0.4, 0.5) is 17.1 Å². The SMILES string of the molecule is COc1ccc(NC(=O)c2ccc(NC3=C(Cl)C(=O)N(c4ccc(C(=O)OC(C)C)cc4)C3=O)cc2)cc1. The predicted octanol–water partition coefficient (Wildman–Crippen LogP) is 4.95. The van der Waals surface area contributed by atoms with Crippen molar-refractivity contribution in [3.05, 3.63) is 94.7 Å². The van der Waals surface area contributed by atoms with Crippen molar-refractivity contribution in [2.75, 3.05) is 22.6 Å². The lowest BCUT2D eigenvalue weighted by Crippen LogP contribution is -2.32. The van der Waals surface area contributed by atoms with Crippen LogP contribution in [0.3, 0.4) is 0 Å². The molecule has 3 amide bonds. The summed E-state index contributed by atoms with van der Waals surface area (Å²) in [6.45, 7) is 3.47. The number of methoxy groups -OCH3 is 1. The van der Waals surface area contributed by atoms with Gasteiger partial charge in [-0.25, -0.2) is 9.69 Å². The van der Waals surface area contributed by atoms with Crippen LogP contribution >= 0.6 is 11.6 Å². The standard InChI is InChI=1S/C28H24ClN3O6/c1-16(2)38-28(36)18-6-12-21(13-7-18)32-26(34)23(29)24(27(32)35)30-19-8-4-17(5-9-19)25(33)31-20-10-14-22(37-3)15-11-20/h4-16,30H,1-3H3,(H,31,33). The van der Waals surface area contributed by atoms with Crippen molar-refractivity contribution in [3.63, 3.8) is 0 Å². The first kappa shape index (κ1) is 26.4. The summed E-state index contributed by atoms with van der Waals surface area (Å²) in [5, 5.41) is 5.37. The van der Waals surface area contributed by atoms with Gasteiger partial charge in [0.25, 0.3) is 17.7 Å². The van der Waals surface area contributed by atoms with Crippen molar-refractivity contribution >= 4 is 52.4 Å². The number of ether oxygens (including phenoxy) is 2. The predicted molar refractivity (Wildman–Crippen MR) is 143 cm³/mol. The van der Waals surface area contributed by atoms with Crippen molar-refractivity contribution in [3.8, 4) is 5.75 Å². The van der Waals surface area contributed by atoms with E-state index in [9.17, 15) is 19.2 Å². The number of hydrogen-bond acceptors (Lipinski definition) is 7. The Morgan fingerprint density at radius 3 is 1.97 bits per heavy atom. The number of halogens is 1. The average Bonchev–Trinajstić information content (AvgIpc) is 3.12. The summed E-state index contributed by atoms with van der Waals surface area (Å²) >= 11 is 6.21. The van der Waals surface area contributed by atoms with E-state index in [0.717, 1.165) is 4.90 Å². The highest BCUT2D eigenvalue weighted by Crippen LogP contribution is 2.30. The summed E-state index contributed by atoms with van der Waals surface area (Å²) in [6, 6.07) is 19.1. The molecule has 1 heterocycles.